The predicted molar refractivity (Wildman–Crippen MR) is 115 cm³/mol. The Labute approximate surface area is 171 Å². The van der Waals surface area contributed by atoms with Crippen molar-refractivity contribution in [3.05, 3.63) is 77.4 Å². The van der Waals surface area contributed by atoms with E-state index >= 15 is 0 Å². The predicted octanol–water partition coefficient (Wildman–Crippen LogP) is 5.88. The van der Waals surface area contributed by atoms with Gasteiger partial charge in [-0.05, 0) is 61.9 Å². The molecule has 0 saturated carbocycles. The molecule has 3 aromatic rings. The summed E-state index contributed by atoms with van der Waals surface area (Å²) < 4.78 is 12.4. The number of rotatable bonds is 2. The van der Waals surface area contributed by atoms with Gasteiger partial charge in [0.1, 0.15) is 22.8 Å². The van der Waals surface area contributed by atoms with E-state index in [1.807, 2.05) is 30.3 Å². The minimum atomic E-state index is -0.120. The Morgan fingerprint density at radius 3 is 2.59 bits per heavy atom. The van der Waals surface area contributed by atoms with Crippen LogP contribution in [0.15, 0.2) is 60.7 Å². The topological polar surface area (TPSA) is 38.7 Å². The van der Waals surface area contributed by atoms with Gasteiger partial charge in [-0.25, -0.2) is 0 Å². The fourth-order valence-electron chi connectivity index (χ4n) is 4.51. The highest BCUT2D eigenvalue weighted by Crippen LogP contribution is 2.45. The third-order valence-corrected chi connectivity index (χ3v) is 6.13. The van der Waals surface area contributed by atoms with E-state index in [1.165, 1.54) is 11.1 Å². The lowest BCUT2D eigenvalue weighted by molar-refractivity contribution is 0.0826. The van der Waals surface area contributed by atoms with Crippen molar-refractivity contribution in [3.8, 4) is 28.4 Å². The van der Waals surface area contributed by atoms with Gasteiger partial charge in [-0.3, -0.25) is 0 Å². The summed E-state index contributed by atoms with van der Waals surface area (Å²) in [6.07, 6.45) is 2.84. The van der Waals surface area contributed by atoms with Gasteiger partial charge >= 0.3 is 0 Å². The van der Waals surface area contributed by atoms with Crippen LogP contribution in [0, 0.1) is 0 Å². The van der Waals surface area contributed by atoms with Gasteiger partial charge in [-0.1, -0.05) is 48.5 Å². The average molecular weight is 386 g/mol. The zero-order valence-electron chi connectivity index (χ0n) is 16.9. The normalized spacial score (nSPS) is 19.4. The number of hydrogen-bond acceptors (Lipinski definition) is 3. The molecule has 1 unspecified atom stereocenters. The maximum atomic E-state index is 10.7. The number of ether oxygens (including phenoxy) is 2. The molecule has 1 atom stereocenters. The molecule has 148 valence electrons. The van der Waals surface area contributed by atoms with Crippen LogP contribution in [0.3, 0.4) is 0 Å². The van der Waals surface area contributed by atoms with E-state index < -0.39 is 0 Å². The molecule has 5 rings (SSSR count). The number of hydrogen-bond donors (Lipinski definition) is 1. The summed E-state index contributed by atoms with van der Waals surface area (Å²) in [6.45, 7) is 4.84. The zero-order chi connectivity index (χ0) is 20.0. The van der Waals surface area contributed by atoms with Gasteiger partial charge in [-0.2, -0.15) is 0 Å². The van der Waals surface area contributed by atoms with Crippen LogP contribution in [0.1, 0.15) is 42.9 Å². The van der Waals surface area contributed by atoms with E-state index in [9.17, 15) is 5.11 Å². The molecule has 0 bridgehead atoms. The van der Waals surface area contributed by atoms with Crippen molar-refractivity contribution >= 4 is 0 Å². The van der Waals surface area contributed by atoms with Gasteiger partial charge in [0.25, 0.3) is 0 Å². The number of fused-ring (bicyclic) bond motifs is 3. The van der Waals surface area contributed by atoms with Crippen LogP contribution in [0.2, 0.25) is 0 Å². The Kier molecular flexibility index (Phi) is 4.27. The average Bonchev–Trinajstić information content (AvgIpc) is 2.73. The van der Waals surface area contributed by atoms with E-state index in [0.717, 1.165) is 47.5 Å². The van der Waals surface area contributed by atoms with E-state index in [0.29, 0.717) is 12.4 Å². The van der Waals surface area contributed by atoms with Crippen molar-refractivity contribution in [2.45, 2.75) is 44.6 Å². The van der Waals surface area contributed by atoms with Crippen LogP contribution < -0.4 is 9.47 Å². The van der Waals surface area contributed by atoms with Crippen molar-refractivity contribution < 1.29 is 14.6 Å². The third kappa shape index (κ3) is 3.35. The number of phenolic OH excluding ortho intramolecular Hbond substituents is 1. The summed E-state index contributed by atoms with van der Waals surface area (Å²) in [4.78, 5) is 0. The summed E-state index contributed by atoms with van der Waals surface area (Å²) in [5, 5.41) is 10.7. The number of phenols is 1. The van der Waals surface area contributed by atoms with Crippen molar-refractivity contribution in [2.75, 3.05) is 6.61 Å². The number of benzene rings is 3. The fourth-order valence-corrected chi connectivity index (χ4v) is 4.51. The molecule has 2 aliphatic rings. The van der Waals surface area contributed by atoms with Crippen LogP contribution in [0.5, 0.6) is 17.2 Å². The fraction of sp³-hybridized carbons (Fsp3) is 0.308. The maximum Gasteiger partial charge on any atom is 0.129 e. The smallest absolute Gasteiger partial charge is 0.129 e. The third-order valence-electron chi connectivity index (χ3n) is 6.13. The van der Waals surface area contributed by atoms with E-state index in [-0.39, 0.29) is 11.5 Å². The Morgan fingerprint density at radius 1 is 0.966 bits per heavy atom. The van der Waals surface area contributed by atoms with E-state index in [2.05, 4.69) is 44.2 Å². The van der Waals surface area contributed by atoms with Gasteiger partial charge in [-0.15, -0.1) is 0 Å². The Morgan fingerprint density at radius 2 is 1.79 bits per heavy atom. The SMILES string of the molecule is CC1(C)CCc2c(ccc3c2OCC(c2ccc(-c4ccccc4)cc2O)C3)O1. The monoisotopic (exact) mass is 386 g/mol. The van der Waals surface area contributed by atoms with Crippen molar-refractivity contribution in [1.82, 2.24) is 0 Å². The van der Waals surface area contributed by atoms with Crippen LogP contribution in [-0.4, -0.2) is 17.3 Å². The second-order valence-electron chi connectivity index (χ2n) is 8.74. The largest absolute Gasteiger partial charge is 0.508 e. The van der Waals surface area contributed by atoms with Gasteiger partial charge in [0.2, 0.25) is 0 Å². The first-order valence-corrected chi connectivity index (χ1v) is 10.3. The summed E-state index contributed by atoms with van der Waals surface area (Å²) in [7, 11) is 0. The summed E-state index contributed by atoms with van der Waals surface area (Å²) in [5.41, 5.74) is 5.36. The first kappa shape index (κ1) is 18.1. The first-order valence-electron chi connectivity index (χ1n) is 10.3. The molecule has 3 heteroatoms. The molecular formula is C26H26O3. The van der Waals surface area contributed by atoms with Crippen molar-refractivity contribution in [1.29, 1.82) is 0 Å². The minimum absolute atomic E-state index is 0.120. The molecule has 0 fully saturated rings. The molecule has 29 heavy (non-hydrogen) atoms. The van der Waals surface area contributed by atoms with Crippen LogP contribution >= 0.6 is 0 Å². The molecule has 3 nitrogen and oxygen atoms in total. The molecule has 0 radical (unpaired) electrons. The van der Waals surface area contributed by atoms with Crippen LogP contribution in [0.25, 0.3) is 11.1 Å². The summed E-state index contributed by atoms with van der Waals surface area (Å²) in [6, 6.07) is 20.3. The highest BCUT2D eigenvalue weighted by molar-refractivity contribution is 5.66. The van der Waals surface area contributed by atoms with Gasteiger partial charge in [0.05, 0.1) is 6.61 Å². The molecule has 0 aliphatic carbocycles. The molecule has 2 aliphatic heterocycles. The van der Waals surface area contributed by atoms with E-state index in [1.54, 1.807) is 0 Å². The maximum absolute atomic E-state index is 10.7. The Bertz CT molecular complexity index is 1050. The van der Waals surface area contributed by atoms with Gasteiger partial charge in [0, 0.05) is 17.0 Å². The molecular weight excluding hydrogens is 360 g/mol. The lowest BCUT2D eigenvalue weighted by Gasteiger charge is -2.35. The van der Waals surface area contributed by atoms with Gasteiger partial charge in [0.15, 0.2) is 0 Å². The molecule has 2 heterocycles. The lowest BCUT2D eigenvalue weighted by atomic mass is 9.86. The van der Waals surface area contributed by atoms with Gasteiger partial charge < -0.3 is 14.6 Å². The van der Waals surface area contributed by atoms with Crippen molar-refractivity contribution in [2.24, 2.45) is 0 Å². The number of aromatic hydroxyl groups is 1. The second kappa shape index (κ2) is 6.84. The Balaban J connectivity index is 1.42. The second-order valence-corrected chi connectivity index (χ2v) is 8.74. The highest BCUT2D eigenvalue weighted by Gasteiger charge is 2.32. The lowest BCUT2D eigenvalue weighted by Crippen LogP contribution is -2.33. The molecule has 0 spiro atoms. The molecule has 0 saturated heterocycles. The van der Waals surface area contributed by atoms with Crippen LogP contribution in [0.4, 0.5) is 0 Å². The first-order chi connectivity index (χ1) is 14.0. The Hall–Kier alpha value is -2.94. The minimum Gasteiger partial charge on any atom is -0.508 e. The highest BCUT2D eigenvalue weighted by atomic mass is 16.5. The van der Waals surface area contributed by atoms with E-state index in [4.69, 9.17) is 9.47 Å². The molecule has 1 N–H and O–H groups in total. The molecule has 0 aromatic heterocycles. The summed E-state index contributed by atoms with van der Waals surface area (Å²) in [5.74, 6) is 2.43. The summed E-state index contributed by atoms with van der Waals surface area (Å²) >= 11 is 0. The standard InChI is InChI=1S/C26H26O3/c1-26(2)13-12-22-24(29-26)11-9-19-14-20(16-28-25(19)22)21-10-8-18(15-23(21)27)17-6-4-3-5-7-17/h3-11,15,20,27H,12-14,16H2,1-2H3. The molecule has 3 aromatic carbocycles. The quantitative estimate of drug-likeness (QED) is 0.598. The van der Waals surface area contributed by atoms with Crippen LogP contribution in [-0.2, 0) is 12.8 Å². The molecule has 0 amide bonds. The zero-order valence-corrected chi connectivity index (χ0v) is 16.9. The van der Waals surface area contributed by atoms with Crippen molar-refractivity contribution in [3.63, 3.8) is 0 Å².